The first-order valence-corrected chi connectivity index (χ1v) is 10.8. The summed E-state index contributed by atoms with van der Waals surface area (Å²) in [4.78, 5) is 0.196. The van der Waals surface area contributed by atoms with Crippen LogP contribution in [-0.2, 0) is 10.0 Å². The fraction of sp³-hybridized carbons (Fsp3) is 0.217. The Bertz CT molecular complexity index is 1100. The SMILES string of the molecule is COc1ccc(N(C(C)c2ccccc2OC)S(=O)(=O)c2ccccc2)cc1OC. The van der Waals surface area contributed by atoms with Crippen LogP contribution < -0.4 is 18.5 Å². The van der Waals surface area contributed by atoms with Crippen LogP contribution in [-0.4, -0.2) is 29.7 Å². The number of anilines is 1. The zero-order chi connectivity index (χ0) is 21.7. The first-order chi connectivity index (χ1) is 14.4. The number of hydrogen-bond donors (Lipinski definition) is 0. The van der Waals surface area contributed by atoms with Crippen molar-refractivity contribution in [1.82, 2.24) is 0 Å². The zero-order valence-electron chi connectivity index (χ0n) is 17.4. The Morgan fingerprint density at radius 2 is 1.33 bits per heavy atom. The number of nitrogens with zero attached hydrogens (tertiary/aromatic N) is 1. The quantitative estimate of drug-likeness (QED) is 0.523. The Hall–Kier alpha value is -3.19. The molecule has 0 amide bonds. The molecule has 0 aromatic heterocycles. The van der Waals surface area contributed by atoms with Gasteiger partial charge in [0.15, 0.2) is 11.5 Å². The maximum Gasteiger partial charge on any atom is 0.264 e. The van der Waals surface area contributed by atoms with E-state index in [1.165, 1.54) is 18.5 Å². The highest BCUT2D eigenvalue weighted by molar-refractivity contribution is 7.92. The molecule has 7 heteroatoms. The van der Waals surface area contributed by atoms with Crippen molar-refractivity contribution < 1.29 is 22.6 Å². The second kappa shape index (κ2) is 9.09. The molecule has 0 bridgehead atoms. The number of para-hydroxylation sites is 1. The van der Waals surface area contributed by atoms with E-state index in [4.69, 9.17) is 14.2 Å². The van der Waals surface area contributed by atoms with Crippen molar-refractivity contribution in [2.24, 2.45) is 0 Å². The molecule has 0 aliphatic heterocycles. The van der Waals surface area contributed by atoms with Crippen molar-refractivity contribution in [2.45, 2.75) is 17.9 Å². The molecule has 0 saturated carbocycles. The average Bonchev–Trinajstić information content (AvgIpc) is 2.79. The molecule has 3 rings (SSSR count). The van der Waals surface area contributed by atoms with Gasteiger partial charge in [0.25, 0.3) is 10.0 Å². The summed E-state index contributed by atoms with van der Waals surface area (Å²) in [5.74, 6) is 1.57. The number of benzene rings is 3. The van der Waals surface area contributed by atoms with E-state index in [1.807, 2.05) is 31.2 Å². The van der Waals surface area contributed by atoms with E-state index in [-0.39, 0.29) is 4.90 Å². The molecule has 158 valence electrons. The number of ether oxygens (including phenoxy) is 3. The lowest BCUT2D eigenvalue weighted by Gasteiger charge is -2.32. The van der Waals surface area contributed by atoms with Gasteiger partial charge in [-0.2, -0.15) is 0 Å². The van der Waals surface area contributed by atoms with Gasteiger partial charge in [0.2, 0.25) is 0 Å². The summed E-state index contributed by atoms with van der Waals surface area (Å²) in [6, 6.07) is 20.2. The van der Waals surface area contributed by atoms with Gasteiger partial charge in [0.1, 0.15) is 5.75 Å². The molecule has 0 heterocycles. The van der Waals surface area contributed by atoms with Crippen LogP contribution in [0.4, 0.5) is 5.69 Å². The van der Waals surface area contributed by atoms with Crippen LogP contribution >= 0.6 is 0 Å². The fourth-order valence-corrected chi connectivity index (χ4v) is 5.03. The summed E-state index contributed by atoms with van der Waals surface area (Å²) in [6.07, 6.45) is 0. The third-order valence-electron chi connectivity index (χ3n) is 4.86. The summed E-state index contributed by atoms with van der Waals surface area (Å²) in [5.41, 5.74) is 1.20. The van der Waals surface area contributed by atoms with Crippen LogP contribution in [0.2, 0.25) is 0 Å². The summed E-state index contributed by atoms with van der Waals surface area (Å²) in [6.45, 7) is 1.83. The summed E-state index contributed by atoms with van der Waals surface area (Å²) in [5, 5.41) is 0. The van der Waals surface area contributed by atoms with Gasteiger partial charge in [0, 0.05) is 11.6 Å². The molecule has 30 heavy (non-hydrogen) atoms. The minimum atomic E-state index is -3.89. The van der Waals surface area contributed by atoms with Crippen molar-refractivity contribution in [2.75, 3.05) is 25.6 Å². The molecule has 0 aliphatic carbocycles. The van der Waals surface area contributed by atoms with Crippen molar-refractivity contribution >= 4 is 15.7 Å². The monoisotopic (exact) mass is 427 g/mol. The predicted octanol–water partition coefficient (Wildman–Crippen LogP) is 4.67. The molecule has 0 saturated heterocycles. The van der Waals surface area contributed by atoms with E-state index in [1.54, 1.807) is 55.6 Å². The van der Waals surface area contributed by atoms with Crippen LogP contribution in [0.3, 0.4) is 0 Å². The molecule has 0 aliphatic rings. The van der Waals surface area contributed by atoms with Gasteiger partial charge in [-0.15, -0.1) is 0 Å². The molecule has 1 atom stereocenters. The van der Waals surface area contributed by atoms with Gasteiger partial charge in [-0.3, -0.25) is 4.31 Å². The highest BCUT2D eigenvalue weighted by Gasteiger charge is 2.32. The Morgan fingerprint density at radius 1 is 0.733 bits per heavy atom. The first-order valence-electron chi connectivity index (χ1n) is 9.38. The highest BCUT2D eigenvalue weighted by atomic mass is 32.2. The number of rotatable bonds is 8. The summed E-state index contributed by atoms with van der Waals surface area (Å²) < 4.78 is 45.0. The normalized spacial score (nSPS) is 12.1. The maximum absolute atomic E-state index is 13.7. The smallest absolute Gasteiger partial charge is 0.264 e. The van der Waals surface area contributed by atoms with E-state index < -0.39 is 16.1 Å². The van der Waals surface area contributed by atoms with Crippen LogP contribution in [0.5, 0.6) is 17.2 Å². The number of sulfonamides is 1. The number of methoxy groups -OCH3 is 3. The van der Waals surface area contributed by atoms with E-state index in [0.29, 0.717) is 22.9 Å². The lowest BCUT2D eigenvalue weighted by molar-refractivity contribution is 0.355. The lowest BCUT2D eigenvalue weighted by atomic mass is 10.1. The topological polar surface area (TPSA) is 65.1 Å². The molecule has 0 fully saturated rings. The summed E-state index contributed by atoms with van der Waals surface area (Å²) in [7, 11) is 0.728. The third kappa shape index (κ3) is 4.07. The van der Waals surface area contributed by atoms with E-state index in [0.717, 1.165) is 5.56 Å². The Labute approximate surface area is 177 Å². The van der Waals surface area contributed by atoms with Crippen LogP contribution in [0.1, 0.15) is 18.5 Å². The van der Waals surface area contributed by atoms with Crippen LogP contribution in [0.25, 0.3) is 0 Å². The first kappa shape index (κ1) is 21.5. The van der Waals surface area contributed by atoms with Crippen molar-refractivity contribution in [3.05, 3.63) is 78.4 Å². The van der Waals surface area contributed by atoms with E-state index >= 15 is 0 Å². The molecular formula is C23H25NO5S. The molecule has 3 aromatic carbocycles. The Kier molecular flexibility index (Phi) is 6.52. The minimum absolute atomic E-state index is 0.196. The zero-order valence-corrected chi connectivity index (χ0v) is 18.2. The maximum atomic E-state index is 13.7. The Balaban J connectivity index is 2.22. The highest BCUT2D eigenvalue weighted by Crippen LogP contribution is 2.40. The van der Waals surface area contributed by atoms with Gasteiger partial charge in [-0.1, -0.05) is 36.4 Å². The largest absolute Gasteiger partial charge is 0.496 e. The van der Waals surface area contributed by atoms with Gasteiger partial charge in [0.05, 0.1) is 38.0 Å². The van der Waals surface area contributed by atoms with Crippen LogP contribution in [0.15, 0.2) is 77.7 Å². The molecule has 0 radical (unpaired) electrons. The number of hydrogen-bond acceptors (Lipinski definition) is 5. The average molecular weight is 428 g/mol. The second-order valence-corrected chi connectivity index (χ2v) is 8.39. The van der Waals surface area contributed by atoms with Crippen molar-refractivity contribution in [3.63, 3.8) is 0 Å². The lowest BCUT2D eigenvalue weighted by Crippen LogP contribution is -2.34. The molecular weight excluding hydrogens is 402 g/mol. The van der Waals surface area contributed by atoms with E-state index in [2.05, 4.69) is 0 Å². The van der Waals surface area contributed by atoms with Gasteiger partial charge in [-0.05, 0) is 37.3 Å². The molecule has 6 nitrogen and oxygen atoms in total. The minimum Gasteiger partial charge on any atom is -0.496 e. The molecule has 3 aromatic rings. The molecule has 0 N–H and O–H groups in total. The predicted molar refractivity (Wildman–Crippen MR) is 117 cm³/mol. The summed E-state index contributed by atoms with van der Waals surface area (Å²) >= 11 is 0. The fourth-order valence-electron chi connectivity index (χ4n) is 3.38. The second-order valence-electron chi connectivity index (χ2n) is 6.57. The van der Waals surface area contributed by atoms with Gasteiger partial charge in [-0.25, -0.2) is 8.42 Å². The molecule has 0 spiro atoms. The van der Waals surface area contributed by atoms with Gasteiger partial charge < -0.3 is 14.2 Å². The van der Waals surface area contributed by atoms with E-state index in [9.17, 15) is 8.42 Å². The van der Waals surface area contributed by atoms with Gasteiger partial charge >= 0.3 is 0 Å². The van der Waals surface area contributed by atoms with Crippen molar-refractivity contribution in [1.29, 1.82) is 0 Å². The molecule has 1 unspecified atom stereocenters. The van der Waals surface area contributed by atoms with Crippen LogP contribution in [0, 0.1) is 0 Å². The Morgan fingerprint density at radius 3 is 1.97 bits per heavy atom. The third-order valence-corrected chi connectivity index (χ3v) is 6.78. The van der Waals surface area contributed by atoms with Crippen molar-refractivity contribution in [3.8, 4) is 17.2 Å². The standard InChI is InChI=1S/C23H25NO5S/c1-17(20-12-8-9-13-21(20)27-2)24(30(25,26)19-10-6-5-7-11-19)18-14-15-22(28-3)23(16-18)29-4/h5-17H,1-4H3.